The van der Waals surface area contributed by atoms with Crippen molar-refractivity contribution in [1.82, 2.24) is 9.80 Å². The Hall–Kier alpha value is -1.86. The van der Waals surface area contributed by atoms with Gasteiger partial charge in [0.15, 0.2) is 0 Å². The number of nitrogens with zero attached hydrogens (tertiary/aromatic N) is 3. The van der Waals surface area contributed by atoms with E-state index in [-0.39, 0.29) is 18.2 Å². The summed E-state index contributed by atoms with van der Waals surface area (Å²) in [6, 6.07) is 10.1. The molecule has 0 aliphatic carbocycles. The first-order chi connectivity index (χ1) is 9.60. The highest BCUT2D eigenvalue weighted by Crippen LogP contribution is 2.21. The number of amides is 1. The maximum absolute atomic E-state index is 12.3. The van der Waals surface area contributed by atoms with Gasteiger partial charge in [0.1, 0.15) is 0 Å². The minimum Gasteiger partial charge on any atom is -0.340 e. The number of benzene rings is 1. The molecule has 0 saturated carbocycles. The third kappa shape index (κ3) is 3.58. The molecule has 1 atom stereocenters. The van der Waals surface area contributed by atoms with Crippen LogP contribution >= 0.6 is 0 Å². The summed E-state index contributed by atoms with van der Waals surface area (Å²) in [5, 5.41) is 9.33. The monoisotopic (exact) mass is 271 g/mol. The number of carbonyl (C=O) groups excluding carboxylic acids is 1. The lowest BCUT2D eigenvalue weighted by Gasteiger charge is -2.32. The van der Waals surface area contributed by atoms with Crippen molar-refractivity contribution in [3.8, 4) is 6.07 Å². The van der Waals surface area contributed by atoms with E-state index in [0.29, 0.717) is 0 Å². The molecule has 1 heterocycles. The van der Waals surface area contributed by atoms with Gasteiger partial charge < -0.3 is 9.80 Å². The highest BCUT2D eigenvalue weighted by Gasteiger charge is 2.23. The molecule has 1 amide bonds. The summed E-state index contributed by atoms with van der Waals surface area (Å²) in [5.74, 6) is -0.256. The molecule has 1 aliphatic heterocycles. The first-order valence-electron chi connectivity index (χ1n) is 7.02. The van der Waals surface area contributed by atoms with Crippen LogP contribution in [0, 0.1) is 18.3 Å². The fourth-order valence-corrected chi connectivity index (χ4v) is 2.48. The van der Waals surface area contributed by atoms with Crippen molar-refractivity contribution >= 4 is 5.91 Å². The van der Waals surface area contributed by atoms with E-state index in [9.17, 15) is 10.1 Å². The number of aryl methyl sites for hydroxylation is 1. The summed E-state index contributed by atoms with van der Waals surface area (Å²) in [4.78, 5) is 16.4. The topological polar surface area (TPSA) is 47.3 Å². The molecule has 1 saturated heterocycles. The third-order valence-electron chi connectivity index (χ3n) is 3.84. The second-order valence-electron chi connectivity index (χ2n) is 5.48. The van der Waals surface area contributed by atoms with Crippen molar-refractivity contribution in [3.05, 3.63) is 35.4 Å². The van der Waals surface area contributed by atoms with Crippen LogP contribution in [0.1, 0.15) is 23.5 Å². The highest BCUT2D eigenvalue weighted by molar-refractivity contribution is 5.77. The minimum absolute atomic E-state index is 0.0890. The molecule has 1 aromatic rings. The Bertz CT molecular complexity index is 513. The summed E-state index contributed by atoms with van der Waals surface area (Å²) in [6.45, 7) is 5.35. The van der Waals surface area contributed by atoms with Gasteiger partial charge in [-0.2, -0.15) is 5.26 Å². The average Bonchev–Trinajstić information content (AvgIpc) is 2.45. The molecule has 1 unspecified atom stereocenters. The van der Waals surface area contributed by atoms with Gasteiger partial charge in [-0.25, -0.2) is 0 Å². The van der Waals surface area contributed by atoms with E-state index < -0.39 is 0 Å². The normalized spacial score (nSPS) is 17.6. The lowest BCUT2D eigenvalue weighted by Crippen LogP contribution is -2.47. The minimum atomic E-state index is -0.345. The molecule has 1 fully saturated rings. The maximum atomic E-state index is 12.3. The molecule has 2 rings (SSSR count). The lowest BCUT2D eigenvalue weighted by molar-refractivity contribution is -0.132. The Morgan fingerprint density at radius 1 is 1.35 bits per heavy atom. The molecule has 1 aromatic carbocycles. The summed E-state index contributed by atoms with van der Waals surface area (Å²) in [7, 11) is 2.06. The predicted molar refractivity (Wildman–Crippen MR) is 78.2 cm³/mol. The summed E-state index contributed by atoms with van der Waals surface area (Å²) in [5.41, 5.74) is 2.06. The Morgan fingerprint density at radius 2 is 2.05 bits per heavy atom. The molecule has 0 N–H and O–H groups in total. The van der Waals surface area contributed by atoms with Crippen molar-refractivity contribution in [2.24, 2.45) is 0 Å². The van der Waals surface area contributed by atoms with E-state index in [0.717, 1.165) is 37.3 Å². The zero-order valence-electron chi connectivity index (χ0n) is 12.2. The molecule has 0 spiro atoms. The van der Waals surface area contributed by atoms with Crippen molar-refractivity contribution in [2.75, 3.05) is 33.2 Å². The molecular formula is C16H21N3O. The number of hydrogen-bond acceptors (Lipinski definition) is 3. The zero-order chi connectivity index (χ0) is 14.5. The summed E-state index contributed by atoms with van der Waals surface area (Å²) < 4.78 is 0. The van der Waals surface area contributed by atoms with Crippen LogP contribution in [0.15, 0.2) is 24.3 Å². The first-order valence-corrected chi connectivity index (χ1v) is 7.02. The molecule has 1 aliphatic rings. The highest BCUT2D eigenvalue weighted by atomic mass is 16.2. The standard InChI is InChI=1S/C16H21N3O/c1-13-4-3-5-14(10-13)15(12-17)11-16(20)19-8-6-18(2)7-9-19/h3-5,10,15H,6-9,11H2,1-2H3. The fraction of sp³-hybridized carbons (Fsp3) is 0.500. The summed E-state index contributed by atoms with van der Waals surface area (Å²) >= 11 is 0. The largest absolute Gasteiger partial charge is 0.340 e. The molecule has 20 heavy (non-hydrogen) atoms. The van der Waals surface area contributed by atoms with E-state index in [2.05, 4.69) is 18.0 Å². The Balaban J connectivity index is 2.00. The van der Waals surface area contributed by atoms with Crippen LogP contribution in [0.25, 0.3) is 0 Å². The van der Waals surface area contributed by atoms with Crippen molar-refractivity contribution < 1.29 is 4.79 Å². The van der Waals surface area contributed by atoms with Gasteiger partial charge >= 0.3 is 0 Å². The molecule has 4 heteroatoms. The van der Waals surface area contributed by atoms with Crippen LogP contribution in [0.4, 0.5) is 0 Å². The average molecular weight is 271 g/mol. The van der Waals surface area contributed by atoms with E-state index in [4.69, 9.17) is 0 Å². The maximum Gasteiger partial charge on any atom is 0.224 e. The number of hydrogen-bond donors (Lipinski definition) is 0. The van der Waals surface area contributed by atoms with Gasteiger partial charge in [0.05, 0.1) is 12.0 Å². The van der Waals surface area contributed by atoms with E-state index in [1.807, 2.05) is 36.1 Å². The predicted octanol–water partition coefficient (Wildman–Crippen LogP) is 1.77. The van der Waals surface area contributed by atoms with Crippen LogP contribution in [-0.4, -0.2) is 48.9 Å². The second kappa shape index (κ2) is 6.53. The van der Waals surface area contributed by atoms with Gasteiger partial charge in [-0.15, -0.1) is 0 Å². The fourth-order valence-electron chi connectivity index (χ4n) is 2.48. The number of carbonyl (C=O) groups is 1. The summed E-state index contributed by atoms with van der Waals surface area (Å²) in [6.07, 6.45) is 0.281. The van der Waals surface area contributed by atoms with Gasteiger partial charge in [-0.1, -0.05) is 29.8 Å². The Labute approximate surface area is 120 Å². The van der Waals surface area contributed by atoms with Gasteiger partial charge in [0.2, 0.25) is 5.91 Å². The first kappa shape index (κ1) is 14.5. The quantitative estimate of drug-likeness (QED) is 0.841. The van der Waals surface area contributed by atoms with E-state index >= 15 is 0 Å². The smallest absolute Gasteiger partial charge is 0.224 e. The molecule has 0 aromatic heterocycles. The van der Waals surface area contributed by atoms with Gasteiger partial charge in [0.25, 0.3) is 0 Å². The van der Waals surface area contributed by atoms with Gasteiger partial charge in [-0.05, 0) is 19.5 Å². The Morgan fingerprint density at radius 3 is 2.65 bits per heavy atom. The number of piperazine rings is 1. The van der Waals surface area contributed by atoms with E-state index in [1.165, 1.54) is 0 Å². The van der Waals surface area contributed by atoms with Crippen LogP contribution in [0.2, 0.25) is 0 Å². The van der Waals surface area contributed by atoms with Crippen molar-refractivity contribution in [2.45, 2.75) is 19.3 Å². The molecule has 4 nitrogen and oxygen atoms in total. The van der Waals surface area contributed by atoms with Gasteiger partial charge in [-0.3, -0.25) is 4.79 Å². The SMILES string of the molecule is Cc1cccc(C(C#N)CC(=O)N2CCN(C)CC2)c1. The zero-order valence-corrected chi connectivity index (χ0v) is 12.2. The molecule has 0 bridgehead atoms. The number of rotatable bonds is 3. The molecule has 106 valence electrons. The molecule has 0 radical (unpaired) electrons. The third-order valence-corrected chi connectivity index (χ3v) is 3.84. The molecular weight excluding hydrogens is 250 g/mol. The van der Waals surface area contributed by atoms with Gasteiger partial charge in [0, 0.05) is 32.6 Å². The number of nitriles is 1. The van der Waals surface area contributed by atoms with Crippen LogP contribution in [0.3, 0.4) is 0 Å². The lowest BCUT2D eigenvalue weighted by atomic mass is 9.95. The number of likely N-dealkylation sites (N-methyl/N-ethyl adjacent to an activating group) is 1. The van der Waals surface area contributed by atoms with Crippen molar-refractivity contribution in [1.29, 1.82) is 5.26 Å². The second-order valence-corrected chi connectivity index (χ2v) is 5.48. The van der Waals surface area contributed by atoms with Crippen LogP contribution in [0.5, 0.6) is 0 Å². The van der Waals surface area contributed by atoms with Crippen molar-refractivity contribution in [3.63, 3.8) is 0 Å². The Kier molecular flexibility index (Phi) is 4.75. The van der Waals surface area contributed by atoms with E-state index in [1.54, 1.807) is 0 Å². The van der Waals surface area contributed by atoms with Crippen LogP contribution < -0.4 is 0 Å². The van der Waals surface area contributed by atoms with Crippen LogP contribution in [-0.2, 0) is 4.79 Å².